The molecule has 0 N–H and O–H groups in total. The lowest BCUT2D eigenvalue weighted by Gasteiger charge is -2.32. The number of benzene rings is 1. The van der Waals surface area contributed by atoms with Crippen molar-refractivity contribution in [1.29, 1.82) is 0 Å². The fourth-order valence-corrected chi connectivity index (χ4v) is 2.03. The van der Waals surface area contributed by atoms with Crippen molar-refractivity contribution >= 4 is 5.91 Å². The third-order valence-electron chi connectivity index (χ3n) is 3.28. The van der Waals surface area contributed by atoms with E-state index in [-0.39, 0.29) is 18.3 Å². The molecule has 1 saturated heterocycles. The van der Waals surface area contributed by atoms with Gasteiger partial charge in [-0.25, -0.2) is 0 Å². The summed E-state index contributed by atoms with van der Waals surface area (Å²) in [5.41, 5.74) is 0. The first kappa shape index (κ1) is 20.1. The van der Waals surface area contributed by atoms with Gasteiger partial charge in [0.05, 0.1) is 0 Å². The maximum absolute atomic E-state index is 12.0. The van der Waals surface area contributed by atoms with E-state index in [4.69, 9.17) is 4.74 Å². The molecule has 136 valence electrons. The number of rotatable bonds is 4. The van der Waals surface area contributed by atoms with Crippen LogP contribution in [-0.4, -0.2) is 61.9 Å². The van der Waals surface area contributed by atoms with Gasteiger partial charge in [-0.2, -0.15) is 0 Å². The monoisotopic (exact) mass is 348 g/mol. The number of alkyl halides is 3. The van der Waals surface area contributed by atoms with Crippen LogP contribution in [0.4, 0.5) is 13.2 Å². The molecule has 0 aliphatic carbocycles. The molecule has 1 fully saturated rings. The molecular formula is C16H23F3N2O3. The first-order chi connectivity index (χ1) is 11.3. The van der Waals surface area contributed by atoms with Crippen molar-refractivity contribution in [2.24, 2.45) is 0 Å². The van der Waals surface area contributed by atoms with Crippen LogP contribution in [-0.2, 0) is 4.79 Å². The summed E-state index contributed by atoms with van der Waals surface area (Å²) in [5.74, 6) is -0.147. The van der Waals surface area contributed by atoms with Gasteiger partial charge in [-0.1, -0.05) is 13.8 Å². The van der Waals surface area contributed by atoms with Crippen molar-refractivity contribution < 1.29 is 27.4 Å². The molecule has 0 bridgehead atoms. The molecule has 0 spiro atoms. The number of hydrogen-bond acceptors (Lipinski definition) is 4. The molecule has 1 aliphatic rings. The Balaban J connectivity index is 0.00000139. The molecule has 1 aliphatic heterocycles. The quantitative estimate of drug-likeness (QED) is 0.839. The molecule has 0 aromatic heterocycles. The fourth-order valence-electron chi connectivity index (χ4n) is 2.03. The topological polar surface area (TPSA) is 42.0 Å². The maximum Gasteiger partial charge on any atom is 0.573 e. The van der Waals surface area contributed by atoms with E-state index in [9.17, 15) is 18.0 Å². The molecule has 5 nitrogen and oxygen atoms in total. The number of amides is 1. The standard InChI is InChI=1S/C14H17F3N2O3.C2H6/c1-18-6-8-19(9-7-18)13(20)10-21-11-2-4-12(5-3-11)22-14(15,16)17;1-2/h2-5H,6-10H2,1H3;1-2H3. The van der Waals surface area contributed by atoms with E-state index in [0.29, 0.717) is 18.8 Å². The predicted octanol–water partition coefficient (Wildman–Crippen LogP) is 2.76. The van der Waals surface area contributed by atoms with E-state index < -0.39 is 6.36 Å². The van der Waals surface area contributed by atoms with Gasteiger partial charge in [0.25, 0.3) is 5.91 Å². The molecule has 0 saturated carbocycles. The number of carbonyl (C=O) groups excluding carboxylic acids is 1. The van der Waals surface area contributed by atoms with Crippen LogP contribution in [0.1, 0.15) is 13.8 Å². The van der Waals surface area contributed by atoms with Crippen molar-refractivity contribution in [1.82, 2.24) is 9.80 Å². The SMILES string of the molecule is CC.CN1CCN(C(=O)COc2ccc(OC(F)(F)F)cc2)CC1. The largest absolute Gasteiger partial charge is 0.573 e. The highest BCUT2D eigenvalue weighted by molar-refractivity contribution is 5.77. The van der Waals surface area contributed by atoms with Gasteiger partial charge in [0.2, 0.25) is 0 Å². The van der Waals surface area contributed by atoms with E-state index in [1.165, 1.54) is 12.1 Å². The van der Waals surface area contributed by atoms with E-state index in [2.05, 4.69) is 9.64 Å². The second kappa shape index (κ2) is 9.36. The highest BCUT2D eigenvalue weighted by atomic mass is 19.4. The Bertz CT molecular complexity index is 498. The second-order valence-electron chi connectivity index (χ2n) is 4.99. The Labute approximate surface area is 139 Å². The normalized spacial score (nSPS) is 15.3. The number of likely N-dealkylation sites (N-methyl/N-ethyl adjacent to an activating group) is 1. The first-order valence-corrected chi connectivity index (χ1v) is 7.78. The van der Waals surface area contributed by atoms with E-state index in [0.717, 1.165) is 25.2 Å². The third kappa shape index (κ3) is 7.08. The Kier molecular flexibility index (Phi) is 7.84. The minimum atomic E-state index is -4.72. The summed E-state index contributed by atoms with van der Waals surface area (Å²) < 4.78 is 45.1. The molecule has 1 aromatic rings. The van der Waals surface area contributed by atoms with Crippen LogP contribution >= 0.6 is 0 Å². The molecule has 8 heteroatoms. The van der Waals surface area contributed by atoms with Gasteiger partial charge < -0.3 is 19.3 Å². The Morgan fingerprint density at radius 2 is 1.54 bits per heavy atom. The predicted molar refractivity (Wildman–Crippen MR) is 84.0 cm³/mol. The van der Waals surface area contributed by atoms with Crippen LogP contribution in [0.25, 0.3) is 0 Å². The van der Waals surface area contributed by atoms with Crippen LogP contribution in [0.5, 0.6) is 11.5 Å². The zero-order valence-electron chi connectivity index (χ0n) is 14.1. The molecule has 24 heavy (non-hydrogen) atoms. The second-order valence-corrected chi connectivity index (χ2v) is 4.99. The van der Waals surface area contributed by atoms with E-state index >= 15 is 0 Å². The van der Waals surface area contributed by atoms with Gasteiger partial charge in [0.1, 0.15) is 11.5 Å². The van der Waals surface area contributed by atoms with Crippen molar-refractivity contribution in [3.8, 4) is 11.5 Å². The Morgan fingerprint density at radius 1 is 1.04 bits per heavy atom. The lowest BCUT2D eigenvalue weighted by molar-refractivity contribution is -0.274. The molecule has 0 radical (unpaired) electrons. The van der Waals surface area contributed by atoms with Gasteiger partial charge in [-0.05, 0) is 31.3 Å². The summed E-state index contributed by atoms with van der Waals surface area (Å²) in [5, 5.41) is 0. The lowest BCUT2D eigenvalue weighted by Crippen LogP contribution is -2.48. The smallest absolute Gasteiger partial charge is 0.484 e. The Hall–Kier alpha value is -1.96. The number of hydrogen-bond donors (Lipinski definition) is 0. The average Bonchev–Trinajstić information content (AvgIpc) is 2.55. The minimum Gasteiger partial charge on any atom is -0.484 e. The number of halogens is 3. The summed E-state index contributed by atoms with van der Waals surface area (Å²) in [6.45, 7) is 6.79. The van der Waals surface area contributed by atoms with Crippen LogP contribution in [0.15, 0.2) is 24.3 Å². The summed E-state index contributed by atoms with van der Waals surface area (Å²) in [6.07, 6.45) is -4.72. The maximum atomic E-state index is 12.0. The van der Waals surface area contributed by atoms with Crippen LogP contribution in [0.2, 0.25) is 0 Å². The third-order valence-corrected chi connectivity index (χ3v) is 3.28. The molecule has 0 unspecified atom stereocenters. The zero-order valence-corrected chi connectivity index (χ0v) is 14.1. The van der Waals surface area contributed by atoms with Gasteiger partial charge in [-0.3, -0.25) is 4.79 Å². The molecule has 0 atom stereocenters. The Morgan fingerprint density at radius 3 is 2.04 bits per heavy atom. The summed E-state index contributed by atoms with van der Waals surface area (Å²) in [7, 11) is 1.99. The number of nitrogens with zero attached hydrogens (tertiary/aromatic N) is 2. The van der Waals surface area contributed by atoms with Gasteiger partial charge in [0.15, 0.2) is 6.61 Å². The number of piperazine rings is 1. The number of ether oxygens (including phenoxy) is 2. The van der Waals surface area contributed by atoms with Crippen molar-refractivity contribution in [2.45, 2.75) is 20.2 Å². The molecule has 1 aromatic carbocycles. The summed E-state index contributed by atoms with van der Waals surface area (Å²) in [6, 6.07) is 4.95. The number of carbonyl (C=O) groups is 1. The van der Waals surface area contributed by atoms with Crippen molar-refractivity contribution in [2.75, 3.05) is 39.8 Å². The van der Waals surface area contributed by atoms with Crippen LogP contribution < -0.4 is 9.47 Å². The molecule has 1 amide bonds. The van der Waals surface area contributed by atoms with Gasteiger partial charge >= 0.3 is 6.36 Å². The van der Waals surface area contributed by atoms with Crippen LogP contribution in [0, 0.1) is 0 Å². The molecule has 2 rings (SSSR count). The van der Waals surface area contributed by atoms with Gasteiger partial charge in [0, 0.05) is 26.2 Å². The fraction of sp³-hybridized carbons (Fsp3) is 0.562. The van der Waals surface area contributed by atoms with E-state index in [1.807, 2.05) is 20.9 Å². The first-order valence-electron chi connectivity index (χ1n) is 7.78. The highest BCUT2D eigenvalue weighted by Gasteiger charge is 2.31. The lowest BCUT2D eigenvalue weighted by atomic mass is 10.3. The molecule has 1 heterocycles. The highest BCUT2D eigenvalue weighted by Crippen LogP contribution is 2.24. The minimum absolute atomic E-state index is 0.135. The van der Waals surface area contributed by atoms with Crippen LogP contribution in [0.3, 0.4) is 0 Å². The van der Waals surface area contributed by atoms with Crippen molar-refractivity contribution in [3.05, 3.63) is 24.3 Å². The summed E-state index contributed by atoms with van der Waals surface area (Å²) >= 11 is 0. The molecular weight excluding hydrogens is 325 g/mol. The van der Waals surface area contributed by atoms with Gasteiger partial charge in [-0.15, -0.1) is 13.2 Å². The zero-order chi connectivity index (χ0) is 18.2. The summed E-state index contributed by atoms with van der Waals surface area (Å²) in [4.78, 5) is 15.8. The average molecular weight is 348 g/mol. The van der Waals surface area contributed by atoms with Crippen molar-refractivity contribution in [3.63, 3.8) is 0 Å². The van der Waals surface area contributed by atoms with E-state index in [1.54, 1.807) is 4.90 Å².